The summed E-state index contributed by atoms with van der Waals surface area (Å²) in [6.07, 6.45) is 0.322. The van der Waals surface area contributed by atoms with Gasteiger partial charge in [-0.1, -0.05) is 41.9 Å². The first-order chi connectivity index (χ1) is 20.5. The summed E-state index contributed by atoms with van der Waals surface area (Å²) in [7, 11) is 0. The summed E-state index contributed by atoms with van der Waals surface area (Å²) in [5, 5.41) is 5.59. The number of fused-ring (bicyclic) bond motifs is 1. The molecule has 4 aromatic rings. The van der Waals surface area contributed by atoms with Gasteiger partial charge in [-0.25, -0.2) is 18.0 Å². The molecular weight excluding hydrogens is 620 g/mol. The highest BCUT2D eigenvalue weighted by atomic mass is 35.5. The van der Waals surface area contributed by atoms with E-state index in [1.54, 1.807) is 36.4 Å². The molecule has 1 saturated carbocycles. The number of hydrogen-bond acceptors (Lipinski definition) is 5. The molecule has 0 spiro atoms. The number of carbonyl (C=O) groups is 3. The number of nitrogens with two attached hydrogens (primary N) is 1. The van der Waals surface area contributed by atoms with Gasteiger partial charge in [-0.15, -0.1) is 12.4 Å². The van der Waals surface area contributed by atoms with Gasteiger partial charge in [0, 0.05) is 41.1 Å². The quantitative estimate of drug-likeness (QED) is 0.180. The molecule has 0 saturated heterocycles. The third-order valence-corrected chi connectivity index (χ3v) is 7.71. The van der Waals surface area contributed by atoms with E-state index in [1.807, 2.05) is 6.07 Å². The maximum absolute atomic E-state index is 14.5. The molecule has 4 N–H and O–H groups in total. The summed E-state index contributed by atoms with van der Waals surface area (Å²) >= 11 is 5.99. The molecule has 44 heavy (non-hydrogen) atoms. The van der Waals surface area contributed by atoms with Crippen LogP contribution in [-0.2, 0) is 16.1 Å². The molecule has 3 aromatic carbocycles. The number of aromatic nitrogens is 1. The fraction of sp³-hybridized carbons (Fsp3) is 0.258. The van der Waals surface area contributed by atoms with E-state index in [0.29, 0.717) is 29.5 Å². The molecular formula is C31H29Cl2F3N4O4. The molecule has 0 aliphatic heterocycles. The Morgan fingerprint density at radius 1 is 1.00 bits per heavy atom. The Kier molecular flexibility index (Phi) is 10.2. The summed E-state index contributed by atoms with van der Waals surface area (Å²) in [6.45, 7) is -0.559. The van der Waals surface area contributed by atoms with E-state index in [9.17, 15) is 27.6 Å². The van der Waals surface area contributed by atoms with Gasteiger partial charge in [-0.05, 0) is 54.7 Å². The van der Waals surface area contributed by atoms with Crippen LogP contribution in [0.3, 0.4) is 0 Å². The van der Waals surface area contributed by atoms with Crippen LogP contribution in [0.25, 0.3) is 10.9 Å². The van der Waals surface area contributed by atoms with E-state index in [4.69, 9.17) is 22.1 Å². The van der Waals surface area contributed by atoms with Gasteiger partial charge in [0.2, 0.25) is 5.92 Å². The average Bonchev–Trinajstić information content (AvgIpc) is 3.31. The third-order valence-electron chi connectivity index (χ3n) is 7.42. The van der Waals surface area contributed by atoms with Gasteiger partial charge in [0.05, 0.1) is 17.1 Å². The summed E-state index contributed by atoms with van der Waals surface area (Å²) < 4.78 is 48.1. The molecule has 2 amide bonds. The van der Waals surface area contributed by atoms with Crippen molar-refractivity contribution in [3.8, 4) is 0 Å². The largest absolute Gasteiger partial charge is 0.460 e. The van der Waals surface area contributed by atoms with Crippen molar-refractivity contribution in [1.82, 2.24) is 4.57 Å². The van der Waals surface area contributed by atoms with Crippen LogP contribution in [0.4, 0.5) is 29.5 Å². The fourth-order valence-electron chi connectivity index (χ4n) is 5.23. The van der Waals surface area contributed by atoms with Crippen molar-refractivity contribution in [2.24, 2.45) is 5.73 Å². The number of carbonyl (C=O) groups excluding carboxylic acids is 3. The second-order valence-corrected chi connectivity index (χ2v) is 10.8. The molecule has 232 valence electrons. The van der Waals surface area contributed by atoms with Crippen molar-refractivity contribution < 1.29 is 32.3 Å². The topological polar surface area (TPSA) is 115 Å². The first-order valence-electron chi connectivity index (χ1n) is 13.6. The molecule has 1 fully saturated rings. The number of urea groups is 1. The molecule has 8 nitrogen and oxygen atoms in total. The first kappa shape index (κ1) is 32.8. The second kappa shape index (κ2) is 13.7. The lowest BCUT2D eigenvalue weighted by Gasteiger charge is -2.28. The summed E-state index contributed by atoms with van der Waals surface area (Å²) in [5.74, 6) is -4.71. The summed E-state index contributed by atoms with van der Waals surface area (Å²) in [6, 6.07) is 16.6. The standard InChI is InChI=1S/C31H28ClF3N4O4.ClH/c32-24-13-21-14-27(38-30(42)37-22-6-3-5-19(12-22)18-8-10-31(34,35)11-9-18)39(26(21)15-25(24)33)29(41)23-7-2-1-4-20(23)17-43-28(40)16-36;/h1-7,12-15,18H,8-11,16-17,36H2,(H2,37,38,42);1H. The van der Waals surface area contributed by atoms with Crippen molar-refractivity contribution in [2.45, 2.75) is 44.1 Å². The van der Waals surface area contributed by atoms with E-state index in [-0.39, 0.29) is 66.2 Å². The van der Waals surface area contributed by atoms with Gasteiger partial charge in [0.15, 0.2) is 0 Å². The molecule has 1 aromatic heterocycles. The number of esters is 1. The van der Waals surface area contributed by atoms with Crippen LogP contribution in [0.5, 0.6) is 0 Å². The predicted molar refractivity (Wildman–Crippen MR) is 164 cm³/mol. The Hall–Kier alpha value is -4.06. The lowest BCUT2D eigenvalue weighted by molar-refractivity contribution is -0.143. The lowest BCUT2D eigenvalue weighted by Crippen LogP contribution is -2.25. The normalized spacial score (nSPS) is 14.5. The molecule has 0 radical (unpaired) electrons. The van der Waals surface area contributed by atoms with E-state index < -0.39 is 29.6 Å². The molecule has 5 rings (SSSR count). The highest BCUT2D eigenvalue weighted by Crippen LogP contribution is 2.41. The molecule has 1 heterocycles. The van der Waals surface area contributed by atoms with E-state index in [1.165, 1.54) is 18.2 Å². The highest BCUT2D eigenvalue weighted by molar-refractivity contribution is 6.31. The van der Waals surface area contributed by atoms with E-state index >= 15 is 0 Å². The average molecular weight is 649 g/mol. The van der Waals surface area contributed by atoms with Crippen molar-refractivity contribution in [1.29, 1.82) is 0 Å². The number of benzene rings is 3. The third kappa shape index (κ3) is 7.35. The number of nitrogens with one attached hydrogen (secondary N) is 2. The number of anilines is 2. The number of alkyl halides is 2. The number of halogens is 5. The maximum atomic E-state index is 14.5. The first-order valence-corrected chi connectivity index (χ1v) is 14.0. The van der Waals surface area contributed by atoms with E-state index in [2.05, 4.69) is 10.6 Å². The van der Waals surface area contributed by atoms with Crippen molar-refractivity contribution in [3.05, 3.63) is 94.3 Å². The van der Waals surface area contributed by atoms with Gasteiger partial charge in [-0.3, -0.25) is 19.5 Å². The SMILES string of the molecule is Cl.NCC(=O)OCc1ccccc1C(=O)n1c(NC(=O)Nc2cccc(C3CCC(F)(F)CC3)c2)cc2cc(Cl)c(F)cc21. The molecule has 0 atom stereocenters. The Labute approximate surface area is 262 Å². The summed E-state index contributed by atoms with van der Waals surface area (Å²) in [5.41, 5.74) is 7.25. The Balaban J connectivity index is 0.00000442. The Morgan fingerprint density at radius 3 is 2.45 bits per heavy atom. The van der Waals surface area contributed by atoms with Crippen molar-refractivity contribution in [3.63, 3.8) is 0 Å². The molecule has 0 bridgehead atoms. The van der Waals surface area contributed by atoms with Crippen LogP contribution in [-0.4, -0.2) is 34.9 Å². The van der Waals surface area contributed by atoms with Crippen LogP contribution >= 0.6 is 24.0 Å². The zero-order chi connectivity index (χ0) is 30.7. The van der Waals surface area contributed by atoms with Crippen LogP contribution in [0, 0.1) is 5.82 Å². The van der Waals surface area contributed by atoms with Crippen LogP contribution < -0.4 is 16.4 Å². The molecule has 1 aliphatic rings. The Bertz CT molecular complexity index is 1700. The number of ether oxygens (including phenoxy) is 1. The zero-order valence-corrected chi connectivity index (χ0v) is 24.8. The number of rotatable bonds is 7. The summed E-state index contributed by atoms with van der Waals surface area (Å²) in [4.78, 5) is 38.7. The van der Waals surface area contributed by atoms with E-state index in [0.717, 1.165) is 16.2 Å². The predicted octanol–water partition coefficient (Wildman–Crippen LogP) is 7.48. The van der Waals surface area contributed by atoms with Crippen LogP contribution in [0.1, 0.15) is 53.1 Å². The fourth-order valence-corrected chi connectivity index (χ4v) is 5.40. The number of amides is 2. The maximum Gasteiger partial charge on any atom is 0.324 e. The van der Waals surface area contributed by atoms with Crippen molar-refractivity contribution >= 4 is 64.3 Å². The minimum Gasteiger partial charge on any atom is -0.460 e. The number of nitrogens with zero attached hydrogens (tertiary/aromatic N) is 1. The smallest absolute Gasteiger partial charge is 0.324 e. The van der Waals surface area contributed by atoms with Gasteiger partial charge >= 0.3 is 12.0 Å². The van der Waals surface area contributed by atoms with Crippen molar-refractivity contribution in [2.75, 3.05) is 17.2 Å². The van der Waals surface area contributed by atoms with Gasteiger partial charge < -0.3 is 15.8 Å². The van der Waals surface area contributed by atoms with Crippen LogP contribution in [0.15, 0.2) is 66.7 Å². The molecule has 0 unspecified atom stereocenters. The minimum atomic E-state index is -2.65. The highest BCUT2D eigenvalue weighted by Gasteiger charge is 2.35. The minimum absolute atomic E-state index is 0. The molecule has 13 heteroatoms. The monoisotopic (exact) mass is 648 g/mol. The zero-order valence-electron chi connectivity index (χ0n) is 23.2. The van der Waals surface area contributed by atoms with Crippen LogP contribution in [0.2, 0.25) is 5.02 Å². The van der Waals surface area contributed by atoms with Gasteiger partial charge in [0.25, 0.3) is 5.91 Å². The lowest BCUT2D eigenvalue weighted by atomic mass is 9.82. The Morgan fingerprint density at radius 2 is 1.73 bits per heavy atom. The number of hydrogen-bond donors (Lipinski definition) is 3. The van der Waals surface area contributed by atoms with Gasteiger partial charge in [0.1, 0.15) is 18.2 Å². The molecule has 1 aliphatic carbocycles. The second-order valence-electron chi connectivity index (χ2n) is 10.4. The van der Waals surface area contributed by atoms with Gasteiger partial charge in [-0.2, -0.15) is 0 Å².